The Hall–Kier alpha value is -1.57. The molecule has 2 heteroatoms. The van der Waals surface area contributed by atoms with E-state index < -0.39 is 0 Å². The Kier molecular flexibility index (Phi) is 3.92. The minimum atomic E-state index is -0.0224. The van der Waals surface area contributed by atoms with Crippen LogP contribution in [0.5, 0.6) is 0 Å². The first kappa shape index (κ1) is 10.5. The lowest BCUT2D eigenvalue weighted by molar-refractivity contribution is -0.119. The zero-order chi connectivity index (χ0) is 10.4. The highest BCUT2D eigenvalue weighted by molar-refractivity contribution is 5.73. The molecule has 0 radical (unpaired) electrons. The second-order valence-electron chi connectivity index (χ2n) is 3.23. The summed E-state index contributed by atoms with van der Waals surface area (Å²) in [5, 5.41) is 2.82. The Morgan fingerprint density at radius 2 is 2.14 bits per heavy atom. The molecule has 0 aliphatic heterocycles. The van der Waals surface area contributed by atoms with Crippen molar-refractivity contribution >= 4 is 5.91 Å². The molecule has 0 fully saturated rings. The average molecular weight is 189 g/mol. The number of amides is 1. The zero-order valence-corrected chi connectivity index (χ0v) is 8.36. The first-order valence-electron chi connectivity index (χ1n) is 4.66. The van der Waals surface area contributed by atoms with E-state index in [4.69, 9.17) is 0 Å². The van der Waals surface area contributed by atoms with Crippen molar-refractivity contribution in [1.29, 1.82) is 0 Å². The van der Waals surface area contributed by atoms with Gasteiger partial charge in [-0.15, -0.1) is 6.58 Å². The molecule has 14 heavy (non-hydrogen) atoms. The quantitative estimate of drug-likeness (QED) is 0.720. The summed E-state index contributed by atoms with van der Waals surface area (Å²) in [6, 6.07) is 10.1. The second-order valence-corrected chi connectivity index (χ2v) is 3.23. The molecule has 1 aromatic carbocycles. The van der Waals surface area contributed by atoms with Crippen LogP contribution in [0.2, 0.25) is 0 Å². The summed E-state index contributed by atoms with van der Waals surface area (Å²) in [5.74, 6) is -0.0224. The predicted octanol–water partition coefficient (Wildman–Crippen LogP) is 1.92. The van der Waals surface area contributed by atoms with Crippen molar-refractivity contribution in [2.24, 2.45) is 0 Å². The summed E-state index contributed by atoms with van der Waals surface area (Å²) < 4.78 is 0. The zero-order valence-electron chi connectivity index (χ0n) is 8.36. The molecule has 0 spiro atoms. The van der Waals surface area contributed by atoms with Crippen molar-refractivity contribution in [3.05, 3.63) is 48.6 Å². The summed E-state index contributed by atoms with van der Waals surface area (Å²) >= 11 is 0. The molecule has 1 aromatic rings. The van der Waals surface area contributed by atoms with Crippen LogP contribution in [0.4, 0.5) is 0 Å². The molecular weight excluding hydrogens is 174 g/mol. The maximum Gasteiger partial charge on any atom is 0.217 e. The van der Waals surface area contributed by atoms with Gasteiger partial charge in [0.05, 0.1) is 6.04 Å². The summed E-state index contributed by atoms with van der Waals surface area (Å²) in [4.78, 5) is 10.8. The van der Waals surface area contributed by atoms with E-state index in [0.717, 1.165) is 6.42 Å². The fraction of sp³-hybridized carbons (Fsp3) is 0.250. The van der Waals surface area contributed by atoms with E-state index in [9.17, 15) is 4.79 Å². The first-order chi connectivity index (χ1) is 6.72. The van der Waals surface area contributed by atoms with E-state index in [1.165, 1.54) is 12.5 Å². The van der Waals surface area contributed by atoms with Gasteiger partial charge in [0.2, 0.25) is 5.91 Å². The van der Waals surface area contributed by atoms with Crippen molar-refractivity contribution in [1.82, 2.24) is 5.32 Å². The molecule has 0 bridgehead atoms. The lowest BCUT2D eigenvalue weighted by Gasteiger charge is -2.12. The normalized spacial score (nSPS) is 11.8. The second kappa shape index (κ2) is 5.22. The van der Waals surface area contributed by atoms with E-state index in [0.29, 0.717) is 0 Å². The first-order valence-corrected chi connectivity index (χ1v) is 4.66. The molecule has 0 unspecified atom stereocenters. The number of carbonyl (C=O) groups excluding carboxylic acids is 1. The molecule has 1 amide bonds. The minimum Gasteiger partial charge on any atom is -0.350 e. The van der Waals surface area contributed by atoms with Gasteiger partial charge in [-0.25, -0.2) is 0 Å². The fourth-order valence-electron chi connectivity index (χ4n) is 1.32. The van der Waals surface area contributed by atoms with Crippen LogP contribution in [0.25, 0.3) is 0 Å². The van der Waals surface area contributed by atoms with Gasteiger partial charge in [0.15, 0.2) is 0 Å². The molecule has 0 aliphatic rings. The topological polar surface area (TPSA) is 29.1 Å². The van der Waals surface area contributed by atoms with Crippen LogP contribution in [-0.4, -0.2) is 11.9 Å². The van der Waals surface area contributed by atoms with Crippen molar-refractivity contribution < 1.29 is 4.79 Å². The molecule has 0 aliphatic carbocycles. The number of benzene rings is 1. The van der Waals surface area contributed by atoms with Gasteiger partial charge in [0.1, 0.15) is 0 Å². The van der Waals surface area contributed by atoms with Gasteiger partial charge < -0.3 is 5.32 Å². The Morgan fingerprint density at radius 1 is 1.50 bits per heavy atom. The number of hydrogen-bond acceptors (Lipinski definition) is 1. The standard InChI is InChI=1S/C12H15NO/c1-3-12(13-10(2)14)9-11-7-5-4-6-8-11/h3-8,12H,1,9H2,2H3,(H,13,14)/t12-/m1/s1. The van der Waals surface area contributed by atoms with E-state index in [1.807, 2.05) is 30.3 Å². The van der Waals surface area contributed by atoms with Crippen LogP contribution in [0.1, 0.15) is 12.5 Å². The molecule has 1 atom stereocenters. The maximum absolute atomic E-state index is 10.8. The van der Waals surface area contributed by atoms with Gasteiger partial charge in [-0.3, -0.25) is 4.79 Å². The molecule has 1 rings (SSSR count). The molecule has 0 aromatic heterocycles. The van der Waals surface area contributed by atoms with Crippen molar-refractivity contribution in [2.75, 3.05) is 0 Å². The predicted molar refractivity (Wildman–Crippen MR) is 57.9 cm³/mol. The molecule has 1 N–H and O–H groups in total. The number of hydrogen-bond donors (Lipinski definition) is 1. The number of carbonyl (C=O) groups is 1. The molecule has 0 saturated carbocycles. The molecule has 0 saturated heterocycles. The van der Waals surface area contributed by atoms with Gasteiger partial charge in [0, 0.05) is 6.92 Å². The van der Waals surface area contributed by atoms with Gasteiger partial charge >= 0.3 is 0 Å². The van der Waals surface area contributed by atoms with Gasteiger partial charge in [0.25, 0.3) is 0 Å². The van der Waals surface area contributed by atoms with Gasteiger partial charge in [-0.05, 0) is 12.0 Å². The Morgan fingerprint density at radius 3 is 2.64 bits per heavy atom. The minimum absolute atomic E-state index is 0.0224. The van der Waals surface area contributed by atoms with Gasteiger partial charge in [-0.1, -0.05) is 36.4 Å². The highest BCUT2D eigenvalue weighted by Gasteiger charge is 2.05. The smallest absolute Gasteiger partial charge is 0.217 e. The average Bonchev–Trinajstić information content (AvgIpc) is 2.17. The molecule has 2 nitrogen and oxygen atoms in total. The molecule has 0 heterocycles. The molecular formula is C12H15NO. The third-order valence-corrected chi connectivity index (χ3v) is 1.97. The highest BCUT2D eigenvalue weighted by atomic mass is 16.1. The SMILES string of the molecule is C=C[C@H](Cc1ccccc1)NC(C)=O. The van der Waals surface area contributed by atoms with Crippen LogP contribution in [0, 0.1) is 0 Å². The van der Waals surface area contributed by atoms with E-state index in [2.05, 4.69) is 11.9 Å². The summed E-state index contributed by atoms with van der Waals surface area (Å²) in [5.41, 5.74) is 1.20. The van der Waals surface area contributed by atoms with Crippen LogP contribution in [0.3, 0.4) is 0 Å². The maximum atomic E-state index is 10.8. The van der Waals surface area contributed by atoms with E-state index in [1.54, 1.807) is 6.08 Å². The van der Waals surface area contributed by atoms with Crippen LogP contribution in [-0.2, 0) is 11.2 Å². The van der Waals surface area contributed by atoms with Crippen molar-refractivity contribution in [3.63, 3.8) is 0 Å². The lowest BCUT2D eigenvalue weighted by atomic mass is 10.1. The summed E-state index contributed by atoms with van der Waals surface area (Å²) in [6.07, 6.45) is 2.55. The van der Waals surface area contributed by atoms with Gasteiger partial charge in [-0.2, -0.15) is 0 Å². The van der Waals surface area contributed by atoms with E-state index >= 15 is 0 Å². The largest absolute Gasteiger partial charge is 0.350 e. The Balaban J connectivity index is 2.57. The summed E-state index contributed by atoms with van der Waals surface area (Å²) in [7, 11) is 0. The van der Waals surface area contributed by atoms with Crippen LogP contribution in [0.15, 0.2) is 43.0 Å². The van der Waals surface area contributed by atoms with Crippen molar-refractivity contribution in [2.45, 2.75) is 19.4 Å². The lowest BCUT2D eigenvalue weighted by Crippen LogP contribution is -2.32. The third kappa shape index (κ3) is 3.44. The highest BCUT2D eigenvalue weighted by Crippen LogP contribution is 2.03. The van der Waals surface area contributed by atoms with Crippen LogP contribution >= 0.6 is 0 Å². The fourth-order valence-corrected chi connectivity index (χ4v) is 1.32. The third-order valence-electron chi connectivity index (χ3n) is 1.97. The Labute approximate surface area is 84.6 Å². The molecule has 74 valence electrons. The Bertz CT molecular complexity index is 305. The number of rotatable bonds is 4. The van der Waals surface area contributed by atoms with E-state index in [-0.39, 0.29) is 11.9 Å². The van der Waals surface area contributed by atoms with Crippen molar-refractivity contribution in [3.8, 4) is 0 Å². The van der Waals surface area contributed by atoms with Crippen LogP contribution < -0.4 is 5.32 Å². The number of nitrogens with one attached hydrogen (secondary N) is 1. The monoisotopic (exact) mass is 189 g/mol. The summed E-state index contributed by atoms with van der Waals surface area (Å²) in [6.45, 7) is 5.21.